The Morgan fingerprint density at radius 1 is 1.19 bits per heavy atom. The highest BCUT2D eigenvalue weighted by atomic mass is 35.5. The third kappa shape index (κ3) is 6.60. The van der Waals surface area contributed by atoms with Gasteiger partial charge in [0, 0.05) is 66.3 Å². The highest BCUT2D eigenvalue weighted by Gasteiger charge is 2.42. The number of thiazole rings is 1. The fraction of sp³-hybridized carbons (Fsp3) is 0.364. The first-order chi connectivity index (χ1) is 22.6. The number of nitrogens with zero attached hydrogens (tertiary/aromatic N) is 5. The summed E-state index contributed by atoms with van der Waals surface area (Å²) in [6.45, 7) is 8.38. The van der Waals surface area contributed by atoms with E-state index in [1.54, 1.807) is 31.9 Å². The molecule has 2 saturated heterocycles. The molecule has 0 aliphatic carbocycles. The maximum absolute atomic E-state index is 14.0. The van der Waals surface area contributed by atoms with Crippen molar-refractivity contribution in [3.05, 3.63) is 92.3 Å². The molecule has 1 aromatic heterocycles. The first-order valence-electron chi connectivity index (χ1n) is 15.2. The second kappa shape index (κ2) is 13.4. The van der Waals surface area contributed by atoms with Crippen molar-refractivity contribution in [1.29, 1.82) is 0 Å². The molecule has 2 atom stereocenters. The number of esters is 1. The van der Waals surface area contributed by atoms with Crippen LogP contribution >= 0.6 is 22.9 Å². The number of anilines is 1. The number of aliphatic imine (C=N–C) groups is 1. The summed E-state index contributed by atoms with van der Waals surface area (Å²) in [6.07, 6.45) is 1.67. The smallest absolute Gasteiger partial charge is 0.338 e. The fourth-order valence-electron chi connectivity index (χ4n) is 6.15. The largest absolute Gasteiger partial charge is 0.463 e. The zero-order valence-corrected chi connectivity index (χ0v) is 27.7. The Bertz CT molecular complexity index is 1730. The minimum atomic E-state index is -0.855. The first-order valence-corrected chi connectivity index (χ1v) is 16.5. The molecule has 0 spiro atoms. The number of fused-ring (bicyclic) bond motifs is 1. The monoisotopic (exact) mass is 680 g/mol. The number of hydrogen-bond donors (Lipinski definition) is 1. The third-order valence-corrected chi connectivity index (χ3v) is 9.66. The minimum Gasteiger partial charge on any atom is -0.463 e. The number of nitrogens with one attached hydrogen (secondary N) is 1. The molecule has 3 aliphatic rings. The number of carbonyl (C=O) groups is 3. The van der Waals surface area contributed by atoms with Crippen LogP contribution in [0.25, 0.3) is 0 Å². The highest BCUT2D eigenvalue weighted by Crippen LogP contribution is 2.37. The van der Waals surface area contributed by atoms with Crippen molar-refractivity contribution in [2.75, 3.05) is 44.2 Å². The van der Waals surface area contributed by atoms with Gasteiger partial charge in [-0.3, -0.25) is 19.6 Å². The second-order valence-electron chi connectivity index (χ2n) is 11.9. The Kier molecular flexibility index (Phi) is 9.31. The zero-order valence-electron chi connectivity index (χ0n) is 26.1. The summed E-state index contributed by atoms with van der Waals surface area (Å²) in [6, 6.07) is 10.5. The second-order valence-corrected chi connectivity index (χ2v) is 13.2. The molecule has 11 nitrogen and oxygen atoms in total. The van der Waals surface area contributed by atoms with Crippen LogP contribution in [0.4, 0.5) is 14.9 Å². The number of benzene rings is 2. The van der Waals surface area contributed by atoms with Crippen molar-refractivity contribution in [3.8, 4) is 0 Å². The van der Waals surface area contributed by atoms with Crippen LogP contribution in [-0.2, 0) is 24.7 Å². The number of urea groups is 1. The van der Waals surface area contributed by atoms with E-state index in [2.05, 4.69) is 15.2 Å². The Hall–Kier alpha value is -4.33. The summed E-state index contributed by atoms with van der Waals surface area (Å²) < 4.78 is 24.7. The van der Waals surface area contributed by atoms with E-state index >= 15 is 0 Å². The number of rotatable bonds is 10. The molecule has 0 radical (unpaired) electrons. The van der Waals surface area contributed by atoms with Crippen molar-refractivity contribution in [2.45, 2.75) is 38.5 Å². The van der Waals surface area contributed by atoms with Gasteiger partial charge in [-0.25, -0.2) is 19.0 Å². The van der Waals surface area contributed by atoms with Crippen molar-refractivity contribution < 1.29 is 28.2 Å². The summed E-state index contributed by atoms with van der Waals surface area (Å²) in [5.74, 6) is -0.573. The van der Waals surface area contributed by atoms with Gasteiger partial charge in [-0.1, -0.05) is 29.8 Å². The Morgan fingerprint density at radius 2 is 1.98 bits per heavy atom. The quantitative estimate of drug-likeness (QED) is 0.238. The lowest BCUT2D eigenvalue weighted by Gasteiger charge is -2.38. The number of halogens is 2. The number of amidine groups is 1. The van der Waals surface area contributed by atoms with Crippen LogP contribution in [0, 0.1) is 5.82 Å². The molecule has 6 rings (SSSR count). The molecule has 47 heavy (non-hydrogen) atoms. The molecule has 0 bridgehead atoms. The highest BCUT2D eigenvalue weighted by molar-refractivity contribution is 7.11. The number of aromatic nitrogens is 1. The van der Waals surface area contributed by atoms with E-state index in [9.17, 15) is 18.8 Å². The van der Waals surface area contributed by atoms with E-state index in [4.69, 9.17) is 26.1 Å². The van der Waals surface area contributed by atoms with E-state index in [1.807, 2.05) is 34.5 Å². The summed E-state index contributed by atoms with van der Waals surface area (Å²) in [5, 5.41) is 5.95. The maximum Gasteiger partial charge on any atom is 0.338 e. The molecule has 14 heteroatoms. The van der Waals surface area contributed by atoms with E-state index in [1.165, 1.54) is 29.5 Å². The molecule has 3 aromatic rings. The standard InChI is InChI=1S/C33H34ClFN6O5S/c1-4-45-31(43)27-26(37-29(30-36-11-14-47-30)38-28(27)24-10-7-21(35)15-25(24)34)18-39-12-13-40-23(16-39)17-41(32(40)44)22-8-5-20(6-9-22)33(2,3)46-19-42/h5-11,14-15,19,23,28H,4,12-13,16-18H2,1-3H3,(H,37,38)/t23-,28-/m0/s1. The zero-order chi connectivity index (χ0) is 33.3. The van der Waals surface area contributed by atoms with E-state index in [-0.39, 0.29) is 29.3 Å². The van der Waals surface area contributed by atoms with Crippen molar-refractivity contribution in [3.63, 3.8) is 0 Å². The number of amides is 2. The van der Waals surface area contributed by atoms with Crippen molar-refractivity contribution in [1.82, 2.24) is 20.1 Å². The van der Waals surface area contributed by atoms with E-state index in [0.717, 1.165) is 11.3 Å². The van der Waals surface area contributed by atoms with Crippen LogP contribution in [0.1, 0.15) is 42.9 Å². The SMILES string of the molecule is CCOC(=O)C1=C(CN2CCN3C(=O)N(c4ccc(C(C)(C)OC=O)cc4)C[C@@H]3C2)NC(c2nccs2)=N[C@H]1c1ccc(F)cc1Cl. The number of ether oxygens (including phenoxy) is 2. The van der Waals surface area contributed by atoms with Crippen LogP contribution in [-0.4, -0.2) is 84.5 Å². The predicted octanol–water partition coefficient (Wildman–Crippen LogP) is 4.88. The predicted molar refractivity (Wildman–Crippen MR) is 176 cm³/mol. The van der Waals surface area contributed by atoms with Crippen molar-refractivity contribution in [2.24, 2.45) is 4.99 Å². The topological polar surface area (TPSA) is 117 Å². The van der Waals surface area contributed by atoms with Gasteiger partial charge in [0.25, 0.3) is 6.47 Å². The number of carbonyl (C=O) groups excluding carboxylic acids is 3. The maximum atomic E-state index is 14.0. The minimum absolute atomic E-state index is 0.0720. The summed E-state index contributed by atoms with van der Waals surface area (Å²) >= 11 is 7.91. The van der Waals surface area contributed by atoms with Crippen LogP contribution in [0.15, 0.2) is 70.3 Å². The molecule has 0 saturated carbocycles. The molecule has 1 N–H and O–H groups in total. The molecular weight excluding hydrogens is 647 g/mol. The number of hydrogen-bond acceptors (Lipinski definition) is 10. The molecule has 3 aliphatic heterocycles. The lowest BCUT2D eigenvalue weighted by atomic mass is 9.95. The van der Waals surface area contributed by atoms with Gasteiger partial charge in [-0.2, -0.15) is 0 Å². The lowest BCUT2D eigenvalue weighted by molar-refractivity contribution is -0.141. The Balaban J connectivity index is 1.26. The molecule has 2 amide bonds. The van der Waals surface area contributed by atoms with Gasteiger partial charge in [0.1, 0.15) is 17.5 Å². The van der Waals surface area contributed by atoms with Crippen LogP contribution < -0.4 is 10.2 Å². The van der Waals surface area contributed by atoms with Gasteiger partial charge < -0.3 is 19.7 Å². The van der Waals surface area contributed by atoms with Gasteiger partial charge in [-0.05, 0) is 50.6 Å². The number of piperazine rings is 1. The van der Waals surface area contributed by atoms with Gasteiger partial charge in [0.05, 0.1) is 18.2 Å². The van der Waals surface area contributed by atoms with E-state index in [0.29, 0.717) is 61.3 Å². The normalized spacial score (nSPS) is 20.1. The van der Waals surface area contributed by atoms with Crippen LogP contribution in [0.5, 0.6) is 0 Å². The molecule has 246 valence electrons. The van der Waals surface area contributed by atoms with Gasteiger partial charge in [-0.15, -0.1) is 11.3 Å². The lowest BCUT2D eigenvalue weighted by Crippen LogP contribution is -2.53. The summed E-state index contributed by atoms with van der Waals surface area (Å²) in [5.41, 5.74) is 2.12. The van der Waals surface area contributed by atoms with Gasteiger partial charge in [0.15, 0.2) is 10.8 Å². The van der Waals surface area contributed by atoms with Crippen LogP contribution in [0.3, 0.4) is 0 Å². The van der Waals surface area contributed by atoms with E-state index < -0.39 is 23.4 Å². The van der Waals surface area contributed by atoms with Crippen molar-refractivity contribution >= 4 is 52.9 Å². The molecule has 2 aromatic carbocycles. The Morgan fingerprint density at radius 3 is 2.66 bits per heavy atom. The Labute approximate surface area is 280 Å². The summed E-state index contributed by atoms with van der Waals surface area (Å²) in [7, 11) is 0. The summed E-state index contributed by atoms with van der Waals surface area (Å²) in [4.78, 5) is 53.0. The average molecular weight is 681 g/mol. The van der Waals surface area contributed by atoms with Gasteiger partial charge in [0.2, 0.25) is 0 Å². The fourth-order valence-corrected chi connectivity index (χ4v) is 7.01. The average Bonchev–Trinajstić information content (AvgIpc) is 3.69. The molecule has 0 unspecified atom stereocenters. The van der Waals surface area contributed by atoms with Crippen LogP contribution in [0.2, 0.25) is 5.02 Å². The molecular formula is C33H34ClFN6O5S. The first kappa shape index (κ1) is 32.6. The third-order valence-electron chi connectivity index (χ3n) is 8.55. The molecule has 4 heterocycles. The van der Waals surface area contributed by atoms with Gasteiger partial charge >= 0.3 is 12.0 Å². The molecule has 2 fully saturated rings.